The van der Waals surface area contributed by atoms with E-state index in [1.54, 1.807) is 31.2 Å². The second-order valence-corrected chi connectivity index (χ2v) is 6.02. The Labute approximate surface area is 148 Å². The number of hydrogen-bond donors (Lipinski definition) is 3. The molecule has 0 unspecified atom stereocenters. The van der Waals surface area contributed by atoms with Crippen LogP contribution in [0.15, 0.2) is 30.6 Å². The molecule has 25 heavy (non-hydrogen) atoms. The fourth-order valence-electron chi connectivity index (χ4n) is 2.16. The molecule has 1 aromatic heterocycles. The summed E-state index contributed by atoms with van der Waals surface area (Å²) in [6, 6.07) is 6.94. The molecule has 7 nitrogen and oxygen atoms in total. The Bertz CT molecular complexity index is 701. The van der Waals surface area contributed by atoms with Crippen LogP contribution in [-0.2, 0) is 4.74 Å². The average Bonchev–Trinajstić information content (AvgIpc) is 2.58. The highest BCUT2D eigenvalue weighted by atomic mass is 16.5. The summed E-state index contributed by atoms with van der Waals surface area (Å²) in [5.74, 6) is 1.39. The van der Waals surface area contributed by atoms with E-state index in [1.807, 2.05) is 0 Å². The van der Waals surface area contributed by atoms with Crippen molar-refractivity contribution in [3.8, 4) is 0 Å². The number of benzene rings is 1. The Morgan fingerprint density at radius 3 is 2.52 bits per heavy atom. The number of hydrogen-bond acceptors (Lipinski definition) is 7. The third kappa shape index (κ3) is 5.34. The van der Waals surface area contributed by atoms with Crippen molar-refractivity contribution in [3.05, 3.63) is 36.2 Å². The van der Waals surface area contributed by atoms with Crippen molar-refractivity contribution in [1.82, 2.24) is 9.97 Å². The summed E-state index contributed by atoms with van der Waals surface area (Å²) in [6.07, 6.45) is 2.49. The van der Waals surface area contributed by atoms with Crippen LogP contribution in [0.5, 0.6) is 0 Å². The van der Waals surface area contributed by atoms with Gasteiger partial charge >= 0.3 is 5.97 Å². The van der Waals surface area contributed by atoms with Gasteiger partial charge in [0.15, 0.2) is 11.6 Å². The zero-order valence-electron chi connectivity index (χ0n) is 14.9. The quantitative estimate of drug-likeness (QED) is 0.631. The fraction of sp³-hybridized carbons (Fsp3) is 0.389. The van der Waals surface area contributed by atoms with Gasteiger partial charge in [-0.15, -0.1) is 0 Å². The predicted molar refractivity (Wildman–Crippen MR) is 100 cm³/mol. The zero-order valence-corrected chi connectivity index (χ0v) is 14.9. The van der Waals surface area contributed by atoms with Gasteiger partial charge in [-0.1, -0.05) is 13.8 Å². The number of nitrogens with one attached hydrogen (secondary N) is 2. The third-order valence-corrected chi connectivity index (χ3v) is 3.56. The topological polar surface area (TPSA) is 102 Å². The maximum atomic E-state index is 11.7. The molecule has 2 aromatic rings. The normalized spacial score (nSPS) is 10.6. The summed E-state index contributed by atoms with van der Waals surface area (Å²) in [5, 5.41) is 6.37. The van der Waals surface area contributed by atoms with Crippen molar-refractivity contribution in [3.63, 3.8) is 0 Å². The van der Waals surface area contributed by atoms with Crippen molar-refractivity contribution in [2.75, 3.05) is 29.5 Å². The highest BCUT2D eigenvalue weighted by Gasteiger charge is 2.10. The van der Waals surface area contributed by atoms with Crippen molar-refractivity contribution in [2.45, 2.75) is 27.2 Å². The van der Waals surface area contributed by atoms with E-state index in [9.17, 15) is 4.79 Å². The highest BCUT2D eigenvalue weighted by molar-refractivity contribution is 5.90. The molecule has 4 N–H and O–H groups in total. The number of nitrogen functional groups attached to an aromatic ring is 1. The number of rotatable bonds is 8. The number of anilines is 4. The SMILES string of the molecule is CCOC(=O)c1ccc(Nc2ncnc(NCCC(C)C)c2N)cc1. The molecule has 0 atom stereocenters. The van der Waals surface area contributed by atoms with Crippen LogP contribution in [-0.4, -0.2) is 29.1 Å². The lowest BCUT2D eigenvalue weighted by Gasteiger charge is -2.13. The molecule has 0 spiro atoms. The standard InChI is InChI=1S/C18H25N5O2/c1-4-25-18(24)13-5-7-14(8-6-13)23-17-15(19)16(21-11-22-17)20-10-9-12(2)3/h5-8,11-12H,4,9-10,19H2,1-3H3,(H2,20,21,22,23). The number of carbonyl (C=O) groups is 1. The minimum atomic E-state index is -0.341. The minimum Gasteiger partial charge on any atom is -0.462 e. The highest BCUT2D eigenvalue weighted by Crippen LogP contribution is 2.26. The monoisotopic (exact) mass is 343 g/mol. The molecular formula is C18H25N5O2. The first kappa shape index (κ1) is 18.5. The van der Waals surface area contributed by atoms with Gasteiger partial charge in [-0.3, -0.25) is 0 Å². The molecule has 0 amide bonds. The van der Waals surface area contributed by atoms with Crippen LogP contribution in [0.2, 0.25) is 0 Å². The Morgan fingerprint density at radius 1 is 1.20 bits per heavy atom. The van der Waals surface area contributed by atoms with E-state index in [-0.39, 0.29) is 5.97 Å². The molecule has 0 saturated carbocycles. The molecule has 0 fully saturated rings. The van der Waals surface area contributed by atoms with Crippen molar-refractivity contribution < 1.29 is 9.53 Å². The smallest absolute Gasteiger partial charge is 0.338 e. The molecule has 0 saturated heterocycles. The van der Waals surface area contributed by atoms with Crippen molar-refractivity contribution in [1.29, 1.82) is 0 Å². The van der Waals surface area contributed by atoms with Crippen molar-refractivity contribution in [2.24, 2.45) is 5.92 Å². The number of esters is 1. The molecule has 1 heterocycles. The maximum absolute atomic E-state index is 11.7. The van der Waals surface area contributed by atoms with E-state index in [1.165, 1.54) is 6.33 Å². The molecule has 2 rings (SSSR count). The number of nitrogens with two attached hydrogens (primary N) is 1. The van der Waals surface area contributed by atoms with Gasteiger partial charge in [-0.25, -0.2) is 14.8 Å². The van der Waals surface area contributed by atoms with Gasteiger partial charge in [0.2, 0.25) is 0 Å². The van der Waals surface area contributed by atoms with Crippen LogP contribution >= 0.6 is 0 Å². The van der Waals surface area contributed by atoms with E-state index in [4.69, 9.17) is 10.5 Å². The first-order chi connectivity index (χ1) is 12.0. The van der Waals surface area contributed by atoms with Crippen LogP contribution in [0.4, 0.5) is 23.0 Å². The number of ether oxygens (including phenoxy) is 1. The Balaban J connectivity index is 2.06. The number of aromatic nitrogens is 2. The van der Waals surface area contributed by atoms with E-state index < -0.39 is 0 Å². The van der Waals surface area contributed by atoms with Gasteiger partial charge < -0.3 is 21.1 Å². The van der Waals surface area contributed by atoms with Gasteiger partial charge in [0.25, 0.3) is 0 Å². The Hall–Kier alpha value is -2.83. The largest absolute Gasteiger partial charge is 0.462 e. The zero-order chi connectivity index (χ0) is 18.2. The van der Waals surface area contributed by atoms with Crippen LogP contribution in [0, 0.1) is 5.92 Å². The summed E-state index contributed by atoms with van der Waals surface area (Å²) in [4.78, 5) is 20.0. The van der Waals surface area contributed by atoms with E-state index in [2.05, 4.69) is 34.4 Å². The van der Waals surface area contributed by atoms with E-state index >= 15 is 0 Å². The number of carbonyl (C=O) groups excluding carboxylic acids is 1. The lowest BCUT2D eigenvalue weighted by molar-refractivity contribution is 0.0526. The van der Waals surface area contributed by atoms with Gasteiger partial charge in [0.1, 0.15) is 12.0 Å². The fourth-order valence-corrected chi connectivity index (χ4v) is 2.16. The molecule has 0 aliphatic rings. The molecule has 134 valence electrons. The summed E-state index contributed by atoms with van der Waals surface area (Å²) >= 11 is 0. The van der Waals surface area contributed by atoms with E-state index in [0.29, 0.717) is 35.4 Å². The summed E-state index contributed by atoms with van der Waals surface area (Å²) in [5.41, 5.74) is 7.87. The summed E-state index contributed by atoms with van der Waals surface area (Å²) in [6.45, 7) is 7.25. The molecule has 0 aliphatic carbocycles. The van der Waals surface area contributed by atoms with Gasteiger partial charge in [-0.05, 0) is 43.5 Å². The first-order valence-corrected chi connectivity index (χ1v) is 8.39. The Morgan fingerprint density at radius 2 is 1.88 bits per heavy atom. The Kier molecular flexibility index (Phi) is 6.56. The lowest BCUT2D eigenvalue weighted by Crippen LogP contribution is -2.10. The van der Waals surface area contributed by atoms with Crippen LogP contribution in [0.3, 0.4) is 0 Å². The van der Waals surface area contributed by atoms with Crippen LogP contribution in [0.1, 0.15) is 37.6 Å². The lowest BCUT2D eigenvalue weighted by atomic mass is 10.1. The van der Waals surface area contributed by atoms with Crippen molar-refractivity contribution >= 4 is 29.0 Å². The molecule has 0 aliphatic heterocycles. The summed E-state index contributed by atoms with van der Waals surface area (Å²) < 4.78 is 4.97. The molecule has 1 aromatic carbocycles. The second-order valence-electron chi connectivity index (χ2n) is 6.02. The second kappa shape index (κ2) is 8.86. The first-order valence-electron chi connectivity index (χ1n) is 8.39. The van der Waals surface area contributed by atoms with Crippen LogP contribution in [0.25, 0.3) is 0 Å². The van der Waals surface area contributed by atoms with Crippen LogP contribution < -0.4 is 16.4 Å². The van der Waals surface area contributed by atoms with Gasteiger partial charge in [0, 0.05) is 12.2 Å². The third-order valence-electron chi connectivity index (χ3n) is 3.56. The average molecular weight is 343 g/mol. The van der Waals surface area contributed by atoms with E-state index in [0.717, 1.165) is 18.7 Å². The van der Waals surface area contributed by atoms with Gasteiger partial charge in [-0.2, -0.15) is 0 Å². The molecule has 0 bridgehead atoms. The molecular weight excluding hydrogens is 318 g/mol. The minimum absolute atomic E-state index is 0.341. The molecule has 0 radical (unpaired) electrons. The number of nitrogens with zero attached hydrogens (tertiary/aromatic N) is 2. The molecule has 7 heteroatoms. The van der Waals surface area contributed by atoms with Gasteiger partial charge in [0.05, 0.1) is 12.2 Å². The maximum Gasteiger partial charge on any atom is 0.338 e. The summed E-state index contributed by atoms with van der Waals surface area (Å²) in [7, 11) is 0. The predicted octanol–water partition coefficient (Wildman–Crippen LogP) is 3.44.